The highest BCUT2D eigenvalue weighted by Gasteiger charge is 2.45. The summed E-state index contributed by atoms with van der Waals surface area (Å²) >= 11 is 0. The third-order valence-electron chi connectivity index (χ3n) is 7.99. The molecule has 2 aromatic carbocycles. The Morgan fingerprint density at radius 3 is 2.39 bits per heavy atom. The molecule has 2 aliphatic carbocycles. The predicted molar refractivity (Wildman–Crippen MR) is 122 cm³/mol. The van der Waals surface area contributed by atoms with Gasteiger partial charge in [-0.2, -0.15) is 0 Å². The van der Waals surface area contributed by atoms with Crippen molar-refractivity contribution >= 4 is 16.7 Å². The van der Waals surface area contributed by atoms with E-state index in [1.54, 1.807) is 14.2 Å². The maximum Gasteiger partial charge on any atom is 0.230 e. The molecule has 0 bridgehead atoms. The number of amides is 1. The lowest BCUT2D eigenvalue weighted by Gasteiger charge is -2.47. The lowest BCUT2D eigenvalue weighted by Crippen LogP contribution is -2.59. The molecule has 0 N–H and O–H groups in total. The molecular formula is C26H34N2O3. The van der Waals surface area contributed by atoms with Gasteiger partial charge >= 0.3 is 0 Å². The van der Waals surface area contributed by atoms with E-state index in [1.807, 2.05) is 7.05 Å². The van der Waals surface area contributed by atoms with Gasteiger partial charge < -0.3 is 14.4 Å². The lowest BCUT2D eigenvalue weighted by atomic mass is 9.83. The molecule has 1 saturated carbocycles. The minimum absolute atomic E-state index is 0.0216. The fourth-order valence-electron chi connectivity index (χ4n) is 6.34. The Morgan fingerprint density at radius 2 is 1.68 bits per heavy atom. The molecule has 5 nitrogen and oxygen atoms in total. The van der Waals surface area contributed by atoms with E-state index in [9.17, 15) is 4.79 Å². The molecule has 2 fully saturated rings. The summed E-state index contributed by atoms with van der Waals surface area (Å²) in [5, 5.41) is 2.52. The number of carbonyl (C=O) groups excluding carboxylic acids is 1. The first-order valence-electron chi connectivity index (χ1n) is 11.7. The summed E-state index contributed by atoms with van der Waals surface area (Å²) < 4.78 is 11.6. The number of hydrogen-bond donors (Lipinski definition) is 0. The van der Waals surface area contributed by atoms with E-state index < -0.39 is 0 Å². The molecule has 0 aromatic heterocycles. The van der Waals surface area contributed by atoms with Crippen LogP contribution in [0.3, 0.4) is 0 Å². The zero-order valence-electron chi connectivity index (χ0n) is 18.9. The molecule has 5 atom stereocenters. The van der Waals surface area contributed by atoms with E-state index in [1.165, 1.54) is 34.7 Å². The number of likely N-dealkylation sites (tertiary alicyclic amines) is 1. The first-order valence-corrected chi connectivity index (χ1v) is 11.7. The van der Waals surface area contributed by atoms with Crippen LogP contribution in [0.1, 0.15) is 42.7 Å². The number of benzene rings is 2. The van der Waals surface area contributed by atoms with Crippen LogP contribution in [0.4, 0.5) is 0 Å². The van der Waals surface area contributed by atoms with Crippen LogP contribution in [0.2, 0.25) is 0 Å². The van der Waals surface area contributed by atoms with Gasteiger partial charge in [-0.05, 0) is 67.1 Å². The summed E-state index contributed by atoms with van der Waals surface area (Å²) in [7, 11) is 5.56. The summed E-state index contributed by atoms with van der Waals surface area (Å²) in [6.07, 6.45) is 5.13. The second-order valence-corrected chi connectivity index (χ2v) is 9.47. The summed E-state index contributed by atoms with van der Waals surface area (Å²) in [4.78, 5) is 18.5. The monoisotopic (exact) mass is 422 g/mol. The Morgan fingerprint density at radius 1 is 1.00 bits per heavy atom. The van der Waals surface area contributed by atoms with Gasteiger partial charge in [0.05, 0.1) is 18.1 Å². The van der Waals surface area contributed by atoms with Crippen molar-refractivity contribution in [2.24, 2.45) is 0 Å². The van der Waals surface area contributed by atoms with Gasteiger partial charge in [-0.25, -0.2) is 0 Å². The number of hydrogen-bond acceptors (Lipinski definition) is 4. The van der Waals surface area contributed by atoms with Crippen LogP contribution in [0, 0.1) is 0 Å². The van der Waals surface area contributed by atoms with Crippen molar-refractivity contribution in [2.75, 3.05) is 34.4 Å². The van der Waals surface area contributed by atoms with E-state index >= 15 is 0 Å². The first kappa shape index (κ1) is 20.9. The number of likely N-dealkylation sites (N-methyl/N-ethyl adjacent to an activating group) is 1. The largest absolute Gasteiger partial charge is 0.379 e. The van der Waals surface area contributed by atoms with Gasteiger partial charge in [-0.15, -0.1) is 0 Å². The Kier molecular flexibility index (Phi) is 5.76. The number of methoxy groups -OCH3 is 2. The van der Waals surface area contributed by atoms with Gasteiger partial charge in [0.25, 0.3) is 0 Å². The Balaban J connectivity index is 1.43. The molecule has 0 spiro atoms. The molecule has 2 aromatic rings. The van der Waals surface area contributed by atoms with Crippen LogP contribution < -0.4 is 0 Å². The van der Waals surface area contributed by atoms with E-state index in [2.05, 4.69) is 46.2 Å². The van der Waals surface area contributed by atoms with Crippen molar-refractivity contribution in [1.82, 2.24) is 9.80 Å². The normalized spacial score (nSPS) is 30.7. The van der Waals surface area contributed by atoms with Crippen LogP contribution >= 0.6 is 0 Å². The van der Waals surface area contributed by atoms with E-state index in [-0.39, 0.29) is 30.1 Å². The molecule has 1 aliphatic heterocycles. The van der Waals surface area contributed by atoms with Gasteiger partial charge in [0.2, 0.25) is 5.91 Å². The summed E-state index contributed by atoms with van der Waals surface area (Å²) in [6.45, 7) is 2.23. The van der Waals surface area contributed by atoms with Crippen LogP contribution in [0.25, 0.3) is 10.8 Å². The van der Waals surface area contributed by atoms with Crippen LogP contribution in [-0.2, 0) is 20.7 Å². The maximum atomic E-state index is 13.9. The highest BCUT2D eigenvalue weighted by molar-refractivity contribution is 5.98. The number of nitrogens with zero attached hydrogens (tertiary/aromatic N) is 2. The molecule has 5 rings (SSSR count). The van der Waals surface area contributed by atoms with E-state index in [4.69, 9.17) is 9.47 Å². The number of rotatable bonds is 5. The molecule has 3 aliphatic rings. The third-order valence-corrected chi connectivity index (χ3v) is 7.99. The maximum absolute atomic E-state index is 13.9. The molecule has 31 heavy (non-hydrogen) atoms. The average molecular weight is 423 g/mol. The van der Waals surface area contributed by atoms with E-state index in [0.717, 1.165) is 32.4 Å². The molecule has 5 unspecified atom stereocenters. The minimum atomic E-state index is -0.0912. The second kappa shape index (κ2) is 8.53. The van der Waals surface area contributed by atoms with Gasteiger partial charge in [-0.1, -0.05) is 36.4 Å². The Bertz CT molecular complexity index is 950. The molecule has 1 saturated heterocycles. The topological polar surface area (TPSA) is 42.0 Å². The van der Waals surface area contributed by atoms with E-state index in [0.29, 0.717) is 6.04 Å². The van der Waals surface area contributed by atoms with Gasteiger partial charge in [-0.3, -0.25) is 9.69 Å². The summed E-state index contributed by atoms with van der Waals surface area (Å²) in [6, 6.07) is 13.3. The zero-order chi connectivity index (χ0) is 21.5. The average Bonchev–Trinajstić information content (AvgIpc) is 3.47. The number of ether oxygens (including phenoxy) is 2. The second-order valence-electron chi connectivity index (χ2n) is 9.47. The number of carbonyl (C=O) groups is 1. The van der Waals surface area contributed by atoms with Crippen molar-refractivity contribution in [3.05, 3.63) is 47.5 Å². The summed E-state index contributed by atoms with van der Waals surface area (Å²) in [5.74, 6) is 0.148. The summed E-state index contributed by atoms with van der Waals surface area (Å²) in [5.41, 5.74) is 2.49. The molecular weight excluding hydrogens is 388 g/mol. The van der Waals surface area contributed by atoms with Gasteiger partial charge in [0, 0.05) is 33.4 Å². The standard InChI is InChI=1S/C26H34N2O3/c1-27(21-15-23(30-2)24(31-3)16-22(21)28-12-4-5-13-28)26(29)20-14-18-10-6-8-17-9-7-11-19(20)25(17)18/h6-11,20-24H,4-5,12-16H2,1-3H3. The van der Waals surface area contributed by atoms with Crippen molar-refractivity contribution in [3.8, 4) is 0 Å². The fraction of sp³-hybridized carbons (Fsp3) is 0.577. The fourth-order valence-corrected chi connectivity index (χ4v) is 6.34. The quantitative estimate of drug-likeness (QED) is 0.739. The van der Waals surface area contributed by atoms with Crippen LogP contribution in [-0.4, -0.2) is 74.4 Å². The van der Waals surface area contributed by atoms with Crippen molar-refractivity contribution < 1.29 is 14.3 Å². The highest BCUT2D eigenvalue weighted by atomic mass is 16.5. The smallest absolute Gasteiger partial charge is 0.230 e. The minimum Gasteiger partial charge on any atom is -0.379 e. The SMILES string of the molecule is COC1CC(N2CCCC2)C(N(C)C(=O)C2Cc3cccc4cccc2c34)CC1OC. The Labute approximate surface area is 185 Å². The van der Waals surface area contributed by atoms with Gasteiger partial charge in [0.15, 0.2) is 0 Å². The highest BCUT2D eigenvalue weighted by Crippen LogP contribution is 2.40. The molecule has 1 heterocycles. The first-order chi connectivity index (χ1) is 15.1. The molecule has 0 radical (unpaired) electrons. The van der Waals surface area contributed by atoms with Crippen molar-refractivity contribution in [2.45, 2.75) is 62.3 Å². The van der Waals surface area contributed by atoms with Crippen molar-refractivity contribution in [1.29, 1.82) is 0 Å². The predicted octanol–water partition coefficient (Wildman–Crippen LogP) is 3.59. The molecule has 5 heteroatoms. The molecule has 166 valence electrons. The van der Waals surface area contributed by atoms with Crippen LogP contribution in [0.5, 0.6) is 0 Å². The van der Waals surface area contributed by atoms with Crippen LogP contribution in [0.15, 0.2) is 36.4 Å². The lowest BCUT2D eigenvalue weighted by molar-refractivity contribution is -0.142. The Hall–Kier alpha value is -1.95. The zero-order valence-corrected chi connectivity index (χ0v) is 18.9. The third kappa shape index (κ3) is 3.57. The van der Waals surface area contributed by atoms with Gasteiger partial charge in [0.1, 0.15) is 0 Å². The molecule has 1 amide bonds. The van der Waals surface area contributed by atoms with Crippen molar-refractivity contribution in [3.63, 3.8) is 0 Å².